The summed E-state index contributed by atoms with van der Waals surface area (Å²) >= 11 is 6.88. The van der Waals surface area contributed by atoms with E-state index in [1.54, 1.807) is 37.4 Å². The second-order valence-electron chi connectivity index (χ2n) is 7.27. The van der Waals surface area contributed by atoms with Gasteiger partial charge in [0.1, 0.15) is 12.2 Å². The first-order chi connectivity index (χ1) is 13.3. The van der Waals surface area contributed by atoms with Crippen molar-refractivity contribution in [3.63, 3.8) is 0 Å². The molecule has 3 rings (SSSR count). The van der Waals surface area contributed by atoms with Gasteiger partial charge in [-0.2, -0.15) is 0 Å². The lowest BCUT2D eigenvalue weighted by Gasteiger charge is -2.43. The van der Waals surface area contributed by atoms with E-state index in [0.29, 0.717) is 6.54 Å². The third-order valence-corrected chi connectivity index (χ3v) is 6.53. The summed E-state index contributed by atoms with van der Waals surface area (Å²) in [6.07, 6.45) is 5.26. The number of thiocarbonyl (C=S) groups is 1. The van der Waals surface area contributed by atoms with Gasteiger partial charge < -0.3 is 10.8 Å². The first-order valence-corrected chi connectivity index (χ1v) is 10.3. The average Bonchev–Trinajstić information content (AvgIpc) is 3.03. The first-order valence-electron chi connectivity index (χ1n) is 9.10. The third kappa shape index (κ3) is 3.75. The molecule has 2 heterocycles. The van der Waals surface area contributed by atoms with Gasteiger partial charge in [0.15, 0.2) is 11.3 Å². The number of thioether (sulfide) groups is 1. The van der Waals surface area contributed by atoms with Crippen LogP contribution in [0.1, 0.15) is 26.3 Å². The van der Waals surface area contributed by atoms with Crippen molar-refractivity contribution < 1.29 is 9.59 Å². The Hall–Kier alpha value is -2.06. The normalized spacial score (nSPS) is 21.2. The van der Waals surface area contributed by atoms with E-state index >= 15 is 0 Å². The summed E-state index contributed by atoms with van der Waals surface area (Å²) < 4.78 is 0.0272. The maximum absolute atomic E-state index is 11.5. The number of quaternary nitrogens is 1. The fourth-order valence-corrected chi connectivity index (χ4v) is 4.68. The Morgan fingerprint density at radius 2 is 1.86 bits per heavy atom. The Bertz CT molecular complexity index is 911. The van der Waals surface area contributed by atoms with Crippen molar-refractivity contribution in [2.75, 3.05) is 0 Å². The van der Waals surface area contributed by atoms with Crippen LogP contribution in [0, 0.1) is 5.92 Å². The monoisotopic (exact) mass is 413 g/mol. The third-order valence-electron chi connectivity index (χ3n) is 4.91. The summed E-state index contributed by atoms with van der Waals surface area (Å²) in [5.74, 6) is 0.182. The van der Waals surface area contributed by atoms with Crippen molar-refractivity contribution in [1.29, 1.82) is 0 Å². The molecule has 0 spiro atoms. The van der Waals surface area contributed by atoms with Crippen molar-refractivity contribution in [2.24, 2.45) is 16.6 Å². The number of rotatable bonds is 7. The van der Waals surface area contributed by atoms with E-state index in [1.807, 2.05) is 42.5 Å². The van der Waals surface area contributed by atoms with Gasteiger partial charge in [-0.25, -0.2) is 9.48 Å². The van der Waals surface area contributed by atoms with Gasteiger partial charge in [0.2, 0.25) is 5.03 Å². The average molecular weight is 414 g/mol. The Balaban J connectivity index is 2.18. The van der Waals surface area contributed by atoms with Crippen LogP contribution in [0.25, 0.3) is 0 Å². The summed E-state index contributed by atoms with van der Waals surface area (Å²) in [6, 6.07) is 13.9. The number of aliphatic imine (C=N–C) groups is 1. The summed E-state index contributed by atoms with van der Waals surface area (Å²) in [5, 5.41) is 12.4. The van der Waals surface area contributed by atoms with Crippen LogP contribution in [0.5, 0.6) is 0 Å². The highest BCUT2D eigenvalue weighted by Gasteiger charge is 2.55. The number of aliphatic hydroxyl groups is 1. The molecule has 2 unspecified atom stereocenters. The van der Waals surface area contributed by atoms with E-state index in [2.05, 4.69) is 18.8 Å². The largest absolute Gasteiger partial charge is 0.386 e. The molecular weight excluding hydrogens is 388 g/mol. The number of pyridine rings is 1. The lowest BCUT2D eigenvalue weighted by molar-refractivity contribution is -0.869. The minimum absolute atomic E-state index is 0.0272. The fourth-order valence-electron chi connectivity index (χ4n) is 3.15. The fraction of sp³-hybridized carbons (Fsp3) is 0.286. The molecule has 2 atom stereocenters. The van der Waals surface area contributed by atoms with Crippen LogP contribution in [0.2, 0.25) is 0 Å². The maximum atomic E-state index is 11.5. The van der Waals surface area contributed by atoms with Crippen LogP contribution < -0.4 is 5.73 Å². The van der Waals surface area contributed by atoms with Crippen molar-refractivity contribution in [1.82, 2.24) is 4.98 Å². The summed E-state index contributed by atoms with van der Waals surface area (Å²) in [5.41, 5.74) is 6.46. The van der Waals surface area contributed by atoms with Crippen LogP contribution >= 0.6 is 24.0 Å². The van der Waals surface area contributed by atoms with Crippen molar-refractivity contribution in [2.45, 2.75) is 37.9 Å². The van der Waals surface area contributed by atoms with E-state index in [-0.39, 0.29) is 15.4 Å². The lowest BCUT2D eigenvalue weighted by Crippen LogP contribution is -2.65. The van der Waals surface area contributed by atoms with Gasteiger partial charge in [0.25, 0.3) is 5.72 Å². The molecule has 1 aliphatic rings. The SMILES string of the molecule is CC(C)C1=C(Sc2ccccc2)[N+](Cc2ccncc2)(C(C)(O)C(N)=S)C=N1. The molecule has 28 heavy (non-hydrogen) atoms. The molecule has 146 valence electrons. The van der Waals surface area contributed by atoms with Gasteiger partial charge in [-0.15, -0.1) is 0 Å². The second kappa shape index (κ2) is 8.13. The number of nitrogens with two attached hydrogens (primary N) is 1. The number of nitrogens with zero attached hydrogens (tertiary/aromatic N) is 3. The summed E-state index contributed by atoms with van der Waals surface area (Å²) in [6.45, 7) is 6.32. The topological polar surface area (TPSA) is 71.5 Å². The van der Waals surface area contributed by atoms with Gasteiger partial charge >= 0.3 is 0 Å². The zero-order valence-corrected chi connectivity index (χ0v) is 17.9. The molecular formula is C21H25N4OS2+. The first kappa shape index (κ1) is 20.7. The molecule has 0 bridgehead atoms. The molecule has 1 aliphatic heterocycles. The second-order valence-corrected chi connectivity index (χ2v) is 8.77. The van der Waals surface area contributed by atoms with E-state index in [1.165, 1.54) is 0 Å². The highest BCUT2D eigenvalue weighted by molar-refractivity contribution is 8.02. The highest BCUT2D eigenvalue weighted by Crippen LogP contribution is 2.47. The van der Waals surface area contributed by atoms with E-state index in [9.17, 15) is 5.11 Å². The predicted octanol–water partition coefficient (Wildman–Crippen LogP) is 4.05. The zero-order chi connectivity index (χ0) is 20.4. The Morgan fingerprint density at radius 1 is 1.21 bits per heavy atom. The van der Waals surface area contributed by atoms with Gasteiger partial charge in [-0.05, 0) is 36.0 Å². The molecule has 0 saturated carbocycles. The minimum atomic E-state index is -1.50. The molecule has 0 amide bonds. The van der Waals surface area contributed by atoms with Gasteiger partial charge in [-0.3, -0.25) is 4.98 Å². The highest BCUT2D eigenvalue weighted by atomic mass is 32.2. The van der Waals surface area contributed by atoms with Crippen molar-refractivity contribution in [3.8, 4) is 0 Å². The summed E-state index contributed by atoms with van der Waals surface area (Å²) in [4.78, 5) is 9.92. The van der Waals surface area contributed by atoms with E-state index in [0.717, 1.165) is 21.2 Å². The maximum Gasteiger partial charge on any atom is 0.260 e. The van der Waals surface area contributed by atoms with Crippen LogP contribution in [0.3, 0.4) is 0 Å². The van der Waals surface area contributed by atoms with Crippen molar-refractivity contribution in [3.05, 3.63) is 71.1 Å². The van der Waals surface area contributed by atoms with Crippen LogP contribution in [0.15, 0.2) is 75.5 Å². The minimum Gasteiger partial charge on any atom is -0.386 e. The molecule has 7 heteroatoms. The lowest BCUT2D eigenvalue weighted by atomic mass is 10.1. The molecule has 0 radical (unpaired) electrons. The molecule has 2 aromatic rings. The van der Waals surface area contributed by atoms with Crippen LogP contribution in [0.4, 0.5) is 0 Å². The Morgan fingerprint density at radius 3 is 2.43 bits per heavy atom. The molecule has 1 aromatic heterocycles. The van der Waals surface area contributed by atoms with Crippen LogP contribution in [-0.2, 0) is 6.54 Å². The molecule has 5 nitrogen and oxygen atoms in total. The van der Waals surface area contributed by atoms with Crippen LogP contribution in [-0.4, -0.2) is 31.6 Å². The number of hydrogen-bond donors (Lipinski definition) is 2. The van der Waals surface area contributed by atoms with E-state index < -0.39 is 5.72 Å². The molecule has 0 saturated heterocycles. The quantitative estimate of drug-likeness (QED) is 0.529. The van der Waals surface area contributed by atoms with Crippen molar-refractivity contribution >= 4 is 35.3 Å². The van der Waals surface area contributed by atoms with E-state index in [4.69, 9.17) is 22.9 Å². The molecule has 3 N–H and O–H groups in total. The summed E-state index contributed by atoms with van der Waals surface area (Å²) in [7, 11) is 0. The Kier molecular flexibility index (Phi) is 6.00. The smallest absolute Gasteiger partial charge is 0.260 e. The molecule has 0 aliphatic carbocycles. The predicted molar refractivity (Wildman–Crippen MR) is 118 cm³/mol. The zero-order valence-electron chi connectivity index (χ0n) is 16.2. The number of hydrogen-bond acceptors (Lipinski definition) is 5. The Labute approximate surface area is 175 Å². The standard InChI is InChI=1S/C21H24N4OS2/c1-15(2)18-19(28-17-7-5-4-6-8-17)25(14-24-18,21(3,26)20(22)27)13-16-9-11-23-12-10-16/h4-12,14-15,26H,13H2,1-3H3,(H-,22,27)/p+1. The molecule has 0 fully saturated rings. The van der Waals surface area contributed by atoms with Gasteiger partial charge in [0, 0.05) is 35.7 Å². The molecule has 1 aromatic carbocycles. The number of allylic oxidation sites excluding steroid dienone is 1. The van der Waals surface area contributed by atoms with Gasteiger partial charge in [-0.1, -0.05) is 44.3 Å². The number of aromatic nitrogens is 1. The van der Waals surface area contributed by atoms with Gasteiger partial charge in [0.05, 0.1) is 0 Å². The number of benzene rings is 1.